The molecule has 1 amide bonds. The molecule has 0 saturated carbocycles. The molecule has 0 aliphatic heterocycles. The Morgan fingerprint density at radius 2 is 2.08 bits per heavy atom. The van der Waals surface area contributed by atoms with Crippen molar-refractivity contribution in [1.29, 1.82) is 0 Å². The highest BCUT2D eigenvalue weighted by atomic mass is 32.1. The molecule has 0 aliphatic rings. The van der Waals surface area contributed by atoms with E-state index >= 15 is 0 Å². The first-order valence-electron chi connectivity index (χ1n) is 8.08. The number of amides is 1. The molecule has 2 N–H and O–H groups in total. The average Bonchev–Trinajstić information content (AvgIpc) is 3.22. The predicted molar refractivity (Wildman–Crippen MR) is 101 cm³/mol. The number of aromatic nitrogens is 1. The second-order valence-corrected chi connectivity index (χ2v) is 8.12. The van der Waals surface area contributed by atoms with E-state index in [1.54, 1.807) is 22.7 Å². The monoisotopic (exact) mass is 360 g/mol. The van der Waals surface area contributed by atoms with E-state index in [2.05, 4.69) is 48.0 Å². The van der Waals surface area contributed by atoms with Gasteiger partial charge in [0.1, 0.15) is 6.04 Å². The summed E-state index contributed by atoms with van der Waals surface area (Å²) in [7, 11) is 4.25. The van der Waals surface area contributed by atoms with Crippen LogP contribution in [0.3, 0.4) is 0 Å². The topological polar surface area (TPSA) is 46.4 Å². The van der Waals surface area contributed by atoms with Crippen LogP contribution < -0.4 is 10.2 Å². The van der Waals surface area contributed by atoms with Crippen molar-refractivity contribution < 1.29 is 9.69 Å². The fraction of sp³-hybridized carbons (Fsp3) is 0.333. The first-order valence-corrected chi connectivity index (χ1v) is 9.77. The van der Waals surface area contributed by atoms with Crippen molar-refractivity contribution in [2.45, 2.75) is 18.9 Å². The average molecular weight is 361 g/mol. The van der Waals surface area contributed by atoms with Gasteiger partial charge in [-0.3, -0.25) is 4.79 Å². The zero-order chi connectivity index (χ0) is 16.9. The van der Waals surface area contributed by atoms with Crippen molar-refractivity contribution in [3.05, 3.63) is 51.7 Å². The third-order valence-corrected chi connectivity index (χ3v) is 6.07. The fourth-order valence-electron chi connectivity index (χ4n) is 2.63. The summed E-state index contributed by atoms with van der Waals surface area (Å²) in [6, 6.07) is 12.6. The molecule has 3 rings (SSSR count). The van der Waals surface area contributed by atoms with Crippen LogP contribution in [0.2, 0.25) is 0 Å². The molecule has 0 fully saturated rings. The van der Waals surface area contributed by atoms with Crippen molar-refractivity contribution in [2.24, 2.45) is 0 Å². The van der Waals surface area contributed by atoms with Crippen molar-refractivity contribution in [1.82, 2.24) is 10.3 Å². The van der Waals surface area contributed by atoms with Crippen LogP contribution in [0.1, 0.15) is 22.3 Å². The molecule has 0 unspecified atom stereocenters. The Bertz CT molecular complexity index is 763. The van der Waals surface area contributed by atoms with Gasteiger partial charge >= 0.3 is 0 Å². The van der Waals surface area contributed by atoms with Gasteiger partial charge in [0.2, 0.25) is 5.91 Å². The molecule has 6 heteroatoms. The standard InChI is InChI=1S/C18H21N3OS2/c1-21(2)14(16-8-5-11-23-16)12-19-17(22)9-10-18-20-13-6-3-4-7-15(13)24-18/h3-8,11,14H,9-10,12H2,1-2H3,(H,19,22)/p+1/t14-/m1/s1. The Morgan fingerprint density at radius 3 is 2.79 bits per heavy atom. The molecule has 0 bridgehead atoms. The Balaban J connectivity index is 1.51. The van der Waals surface area contributed by atoms with Gasteiger partial charge in [-0.15, -0.1) is 22.7 Å². The third kappa shape index (κ3) is 4.20. The number of para-hydroxylation sites is 1. The molecule has 0 aliphatic carbocycles. The Hall–Kier alpha value is -1.76. The number of carbonyl (C=O) groups is 1. The second kappa shape index (κ2) is 7.88. The number of rotatable bonds is 7. The number of fused-ring (bicyclic) bond motifs is 1. The molecule has 1 aromatic carbocycles. The van der Waals surface area contributed by atoms with E-state index in [0.717, 1.165) is 10.5 Å². The van der Waals surface area contributed by atoms with Gasteiger partial charge in [0.15, 0.2) is 0 Å². The van der Waals surface area contributed by atoms with E-state index in [-0.39, 0.29) is 5.91 Å². The Morgan fingerprint density at radius 1 is 1.25 bits per heavy atom. The molecule has 4 nitrogen and oxygen atoms in total. The summed E-state index contributed by atoms with van der Waals surface area (Å²) in [5, 5.41) is 6.19. The number of hydrogen-bond acceptors (Lipinski definition) is 4. The third-order valence-electron chi connectivity index (χ3n) is 3.99. The lowest BCUT2D eigenvalue weighted by molar-refractivity contribution is -0.890. The summed E-state index contributed by atoms with van der Waals surface area (Å²) < 4.78 is 1.18. The molecular weight excluding hydrogens is 338 g/mol. The first-order chi connectivity index (χ1) is 11.6. The molecule has 2 heterocycles. The summed E-state index contributed by atoms with van der Waals surface area (Å²) in [6.07, 6.45) is 1.18. The number of aryl methyl sites for hydroxylation is 1. The Kier molecular flexibility index (Phi) is 5.60. The summed E-state index contributed by atoms with van der Waals surface area (Å²) >= 11 is 3.42. The van der Waals surface area contributed by atoms with Gasteiger partial charge in [0.05, 0.1) is 40.7 Å². The van der Waals surface area contributed by atoms with E-state index in [0.29, 0.717) is 25.4 Å². The van der Waals surface area contributed by atoms with Crippen LogP contribution in [-0.4, -0.2) is 31.5 Å². The second-order valence-electron chi connectivity index (χ2n) is 6.02. The molecule has 24 heavy (non-hydrogen) atoms. The summed E-state index contributed by atoms with van der Waals surface area (Å²) in [5.74, 6) is 0.0945. The van der Waals surface area contributed by atoms with Crippen LogP contribution in [0.15, 0.2) is 41.8 Å². The molecule has 126 valence electrons. The molecule has 3 aromatic rings. The van der Waals surface area contributed by atoms with Gasteiger partial charge in [0.25, 0.3) is 0 Å². The van der Waals surface area contributed by atoms with E-state index in [4.69, 9.17) is 0 Å². The summed E-state index contributed by atoms with van der Waals surface area (Å²) in [5.41, 5.74) is 1.02. The number of quaternary nitrogens is 1. The number of nitrogens with zero attached hydrogens (tertiary/aromatic N) is 1. The molecule has 2 aromatic heterocycles. The van der Waals surface area contributed by atoms with Crippen molar-refractivity contribution in [2.75, 3.05) is 20.6 Å². The van der Waals surface area contributed by atoms with Crippen LogP contribution in [-0.2, 0) is 11.2 Å². The minimum absolute atomic E-state index is 0.0945. The Labute approximate surface area is 150 Å². The van der Waals surface area contributed by atoms with Crippen molar-refractivity contribution in [3.63, 3.8) is 0 Å². The lowest BCUT2D eigenvalue weighted by Gasteiger charge is -2.20. The first kappa shape index (κ1) is 17.1. The van der Waals surface area contributed by atoms with Crippen LogP contribution in [0.5, 0.6) is 0 Å². The predicted octanol–water partition coefficient (Wildman–Crippen LogP) is 2.29. The maximum absolute atomic E-state index is 12.2. The van der Waals surface area contributed by atoms with Crippen LogP contribution in [0, 0.1) is 0 Å². The maximum Gasteiger partial charge on any atom is 0.220 e. The zero-order valence-corrected chi connectivity index (χ0v) is 15.5. The minimum atomic E-state index is 0.0945. The maximum atomic E-state index is 12.2. The molecule has 1 atom stereocenters. The zero-order valence-electron chi connectivity index (χ0n) is 13.9. The molecule has 0 spiro atoms. The van der Waals surface area contributed by atoms with Crippen molar-refractivity contribution >= 4 is 38.8 Å². The van der Waals surface area contributed by atoms with E-state index in [1.807, 2.05) is 18.2 Å². The highest BCUT2D eigenvalue weighted by Gasteiger charge is 2.19. The fourth-order valence-corrected chi connectivity index (χ4v) is 4.55. The number of benzene rings is 1. The van der Waals surface area contributed by atoms with Gasteiger partial charge in [-0.1, -0.05) is 18.2 Å². The highest BCUT2D eigenvalue weighted by Crippen LogP contribution is 2.22. The largest absolute Gasteiger partial charge is 0.350 e. The number of carbonyl (C=O) groups excluding carboxylic acids is 1. The number of nitrogens with one attached hydrogen (secondary N) is 2. The van der Waals surface area contributed by atoms with Gasteiger partial charge < -0.3 is 10.2 Å². The van der Waals surface area contributed by atoms with Gasteiger partial charge in [-0.25, -0.2) is 4.98 Å². The van der Waals surface area contributed by atoms with Gasteiger partial charge in [-0.2, -0.15) is 0 Å². The number of thiazole rings is 1. The normalized spacial score (nSPS) is 12.6. The van der Waals surface area contributed by atoms with E-state index in [9.17, 15) is 4.79 Å². The SMILES string of the molecule is C[NH+](C)[C@H](CNC(=O)CCc1nc2ccccc2s1)c1cccs1. The quantitative estimate of drug-likeness (QED) is 0.679. The molecule has 0 saturated heterocycles. The van der Waals surface area contributed by atoms with Crippen LogP contribution in [0.4, 0.5) is 0 Å². The number of likely N-dealkylation sites (N-methyl/N-ethyl adjacent to an activating group) is 1. The molecular formula is C18H22N3OS2+. The lowest BCUT2D eigenvalue weighted by Crippen LogP contribution is -3.06. The van der Waals surface area contributed by atoms with Crippen LogP contribution >= 0.6 is 22.7 Å². The highest BCUT2D eigenvalue weighted by molar-refractivity contribution is 7.18. The van der Waals surface area contributed by atoms with Gasteiger partial charge in [-0.05, 0) is 23.6 Å². The van der Waals surface area contributed by atoms with E-state index < -0.39 is 0 Å². The lowest BCUT2D eigenvalue weighted by atomic mass is 10.2. The smallest absolute Gasteiger partial charge is 0.220 e. The van der Waals surface area contributed by atoms with Gasteiger partial charge in [0, 0.05) is 12.8 Å². The van der Waals surface area contributed by atoms with Crippen LogP contribution in [0.25, 0.3) is 10.2 Å². The summed E-state index contributed by atoms with van der Waals surface area (Å²) in [6.45, 7) is 0.668. The minimum Gasteiger partial charge on any atom is -0.350 e. The van der Waals surface area contributed by atoms with E-state index in [1.165, 1.54) is 14.5 Å². The number of hydrogen-bond donors (Lipinski definition) is 2. The number of thiophene rings is 1. The summed E-state index contributed by atoms with van der Waals surface area (Å²) in [4.78, 5) is 19.4. The molecule has 0 radical (unpaired) electrons. The van der Waals surface area contributed by atoms with Crippen molar-refractivity contribution in [3.8, 4) is 0 Å².